The first-order chi connectivity index (χ1) is 12.5. The maximum atomic E-state index is 9.10. The van der Waals surface area contributed by atoms with Gasteiger partial charge >= 0.3 is 11.9 Å². The van der Waals surface area contributed by atoms with Crippen LogP contribution in [0.2, 0.25) is 0 Å². The maximum absolute atomic E-state index is 9.10. The molecular weight excluding hydrogens is 334 g/mol. The smallest absolute Gasteiger partial charge is 0.414 e. The molecule has 7 heteroatoms. The third kappa shape index (κ3) is 6.72. The maximum Gasteiger partial charge on any atom is 0.414 e. The summed E-state index contributed by atoms with van der Waals surface area (Å²) in [7, 11) is 0. The van der Waals surface area contributed by atoms with Gasteiger partial charge in [0.05, 0.1) is 0 Å². The van der Waals surface area contributed by atoms with E-state index in [4.69, 9.17) is 19.8 Å². The van der Waals surface area contributed by atoms with Crippen molar-refractivity contribution >= 4 is 11.9 Å². The van der Waals surface area contributed by atoms with Gasteiger partial charge in [-0.25, -0.2) is 9.59 Å². The highest BCUT2D eigenvalue weighted by atomic mass is 16.4. The van der Waals surface area contributed by atoms with E-state index < -0.39 is 11.9 Å². The molecule has 2 aliphatic rings. The topological polar surface area (TPSA) is 94.0 Å². The fraction of sp³-hybridized carbons (Fsp3) is 0.632. The van der Waals surface area contributed by atoms with E-state index in [0.29, 0.717) is 0 Å². The molecular formula is C19H29N3O4. The number of piperazine rings is 1. The number of aliphatic carboxylic acids is 2. The second-order valence-corrected chi connectivity index (χ2v) is 7.19. The average molecular weight is 363 g/mol. The SMILES string of the molecule is CC1CCC(N2CCN(Cc3ccncc3)CC2)CC1.O=C(O)C(=O)O. The molecule has 0 aromatic carbocycles. The van der Waals surface area contributed by atoms with Gasteiger partial charge in [-0.3, -0.25) is 14.8 Å². The van der Waals surface area contributed by atoms with Crippen molar-refractivity contribution < 1.29 is 19.8 Å². The largest absolute Gasteiger partial charge is 0.473 e. The van der Waals surface area contributed by atoms with E-state index in [-0.39, 0.29) is 0 Å². The first-order valence-corrected chi connectivity index (χ1v) is 9.27. The van der Waals surface area contributed by atoms with E-state index in [1.807, 2.05) is 12.4 Å². The molecule has 0 spiro atoms. The molecule has 2 fully saturated rings. The molecule has 3 rings (SSSR count). The molecule has 0 radical (unpaired) electrons. The number of carbonyl (C=O) groups is 2. The lowest BCUT2D eigenvalue weighted by molar-refractivity contribution is -0.159. The normalized spacial score (nSPS) is 24.3. The minimum absolute atomic E-state index is 0.870. The van der Waals surface area contributed by atoms with Crippen molar-refractivity contribution in [2.75, 3.05) is 26.2 Å². The Bertz CT molecular complexity index is 553. The summed E-state index contributed by atoms with van der Waals surface area (Å²) in [4.78, 5) is 27.6. The Labute approximate surface area is 154 Å². The molecule has 0 amide bonds. The second kappa shape index (κ2) is 10.2. The molecule has 144 valence electrons. The fourth-order valence-corrected chi connectivity index (χ4v) is 3.64. The van der Waals surface area contributed by atoms with Gasteiger partial charge in [-0.2, -0.15) is 0 Å². The molecule has 26 heavy (non-hydrogen) atoms. The molecule has 1 saturated heterocycles. The van der Waals surface area contributed by atoms with Crippen LogP contribution in [0.3, 0.4) is 0 Å². The van der Waals surface area contributed by atoms with Gasteiger partial charge in [0.1, 0.15) is 0 Å². The molecule has 1 aromatic heterocycles. The van der Waals surface area contributed by atoms with E-state index in [1.54, 1.807) is 0 Å². The number of hydrogen-bond donors (Lipinski definition) is 2. The highest BCUT2D eigenvalue weighted by Gasteiger charge is 2.26. The third-order valence-electron chi connectivity index (χ3n) is 5.25. The first-order valence-electron chi connectivity index (χ1n) is 9.27. The van der Waals surface area contributed by atoms with Crippen LogP contribution < -0.4 is 0 Å². The highest BCUT2D eigenvalue weighted by Crippen LogP contribution is 2.27. The van der Waals surface area contributed by atoms with Gasteiger partial charge in [-0.05, 0) is 49.3 Å². The van der Waals surface area contributed by atoms with Gasteiger partial charge in [-0.15, -0.1) is 0 Å². The first kappa shape index (κ1) is 20.3. The summed E-state index contributed by atoms with van der Waals surface area (Å²) in [5.41, 5.74) is 1.39. The van der Waals surface area contributed by atoms with Crippen molar-refractivity contribution in [1.82, 2.24) is 14.8 Å². The Hall–Kier alpha value is -1.99. The fourth-order valence-electron chi connectivity index (χ4n) is 3.64. The third-order valence-corrected chi connectivity index (χ3v) is 5.25. The summed E-state index contributed by atoms with van der Waals surface area (Å²) in [6.45, 7) is 8.43. The van der Waals surface area contributed by atoms with Crippen LogP contribution >= 0.6 is 0 Å². The van der Waals surface area contributed by atoms with E-state index in [0.717, 1.165) is 18.5 Å². The molecule has 0 bridgehead atoms. The predicted molar refractivity (Wildman–Crippen MR) is 97.8 cm³/mol. The van der Waals surface area contributed by atoms with E-state index in [1.165, 1.54) is 57.4 Å². The van der Waals surface area contributed by atoms with Crippen molar-refractivity contribution in [3.63, 3.8) is 0 Å². The van der Waals surface area contributed by atoms with Crippen molar-refractivity contribution in [2.24, 2.45) is 5.92 Å². The summed E-state index contributed by atoms with van der Waals surface area (Å²) in [5, 5.41) is 14.8. The van der Waals surface area contributed by atoms with Gasteiger partial charge in [-0.1, -0.05) is 6.92 Å². The van der Waals surface area contributed by atoms with Crippen LogP contribution in [-0.4, -0.2) is 69.2 Å². The quantitative estimate of drug-likeness (QED) is 0.793. The Balaban J connectivity index is 0.000000352. The lowest BCUT2D eigenvalue weighted by Gasteiger charge is -2.41. The molecule has 7 nitrogen and oxygen atoms in total. The van der Waals surface area contributed by atoms with Crippen LogP contribution in [0.1, 0.15) is 38.2 Å². The number of carboxylic acid groups (broad SMARTS) is 2. The number of rotatable bonds is 3. The van der Waals surface area contributed by atoms with Gasteiger partial charge < -0.3 is 10.2 Å². The number of pyridine rings is 1. The van der Waals surface area contributed by atoms with E-state index in [9.17, 15) is 0 Å². The summed E-state index contributed by atoms with van der Waals surface area (Å²) < 4.78 is 0. The van der Waals surface area contributed by atoms with Crippen molar-refractivity contribution in [3.8, 4) is 0 Å². The van der Waals surface area contributed by atoms with Crippen molar-refractivity contribution in [3.05, 3.63) is 30.1 Å². The molecule has 1 aromatic rings. The lowest BCUT2D eigenvalue weighted by atomic mass is 9.86. The zero-order valence-corrected chi connectivity index (χ0v) is 15.4. The molecule has 1 aliphatic carbocycles. The van der Waals surface area contributed by atoms with Crippen LogP contribution in [0.15, 0.2) is 24.5 Å². The van der Waals surface area contributed by atoms with Crippen LogP contribution in [-0.2, 0) is 16.1 Å². The molecule has 1 aliphatic heterocycles. The van der Waals surface area contributed by atoms with E-state index >= 15 is 0 Å². The molecule has 2 N–H and O–H groups in total. The highest BCUT2D eigenvalue weighted by molar-refractivity contribution is 6.27. The summed E-state index contributed by atoms with van der Waals surface area (Å²) in [6, 6.07) is 5.14. The minimum Gasteiger partial charge on any atom is -0.473 e. The summed E-state index contributed by atoms with van der Waals surface area (Å²) >= 11 is 0. The number of nitrogens with zero attached hydrogens (tertiary/aromatic N) is 3. The van der Waals surface area contributed by atoms with Crippen LogP contribution in [0.25, 0.3) is 0 Å². The molecule has 2 heterocycles. The van der Waals surface area contributed by atoms with Crippen LogP contribution in [0, 0.1) is 5.92 Å². The Morgan fingerprint density at radius 3 is 2.04 bits per heavy atom. The zero-order chi connectivity index (χ0) is 18.9. The second-order valence-electron chi connectivity index (χ2n) is 7.19. The van der Waals surface area contributed by atoms with Crippen molar-refractivity contribution in [1.29, 1.82) is 0 Å². The lowest BCUT2D eigenvalue weighted by Crippen LogP contribution is -2.50. The Morgan fingerprint density at radius 1 is 1.00 bits per heavy atom. The van der Waals surface area contributed by atoms with Gasteiger partial charge in [0, 0.05) is 51.2 Å². The predicted octanol–water partition coefficient (Wildman–Crippen LogP) is 1.93. The summed E-state index contributed by atoms with van der Waals surface area (Å²) in [6.07, 6.45) is 9.50. The zero-order valence-electron chi connectivity index (χ0n) is 15.4. The number of carboxylic acids is 2. The summed E-state index contributed by atoms with van der Waals surface area (Å²) in [5.74, 6) is -2.69. The molecule has 0 atom stereocenters. The van der Waals surface area contributed by atoms with Gasteiger partial charge in [0.15, 0.2) is 0 Å². The molecule has 0 unspecified atom stereocenters. The monoisotopic (exact) mass is 363 g/mol. The average Bonchev–Trinajstić information content (AvgIpc) is 2.64. The Kier molecular flexibility index (Phi) is 8.00. The van der Waals surface area contributed by atoms with Crippen molar-refractivity contribution in [2.45, 2.75) is 45.2 Å². The number of aromatic nitrogens is 1. The standard InChI is InChI=1S/C17H27N3.C2H2O4/c1-15-2-4-17(5-3-15)20-12-10-19(11-13-20)14-16-6-8-18-9-7-16;3-1(4)2(5)6/h6-9,15,17H,2-5,10-14H2,1H3;(H,3,4)(H,5,6). The van der Waals surface area contributed by atoms with E-state index in [2.05, 4.69) is 33.8 Å². The van der Waals surface area contributed by atoms with Gasteiger partial charge in [0.2, 0.25) is 0 Å². The molecule has 1 saturated carbocycles. The minimum atomic E-state index is -1.82. The van der Waals surface area contributed by atoms with Crippen LogP contribution in [0.5, 0.6) is 0 Å². The number of hydrogen-bond acceptors (Lipinski definition) is 5. The Morgan fingerprint density at radius 2 is 1.54 bits per heavy atom. The van der Waals surface area contributed by atoms with Crippen LogP contribution in [0.4, 0.5) is 0 Å². The van der Waals surface area contributed by atoms with Gasteiger partial charge in [0.25, 0.3) is 0 Å².